The van der Waals surface area contributed by atoms with Crippen LogP contribution in [0, 0.1) is 0 Å². The molecule has 1 aromatic heterocycles. The van der Waals surface area contributed by atoms with Crippen LogP contribution in [0.5, 0.6) is 0 Å². The van der Waals surface area contributed by atoms with E-state index in [2.05, 4.69) is 35.6 Å². The first-order valence-corrected chi connectivity index (χ1v) is 6.91. The zero-order valence-corrected chi connectivity index (χ0v) is 11.0. The van der Waals surface area contributed by atoms with Crippen LogP contribution in [-0.2, 0) is 6.42 Å². The van der Waals surface area contributed by atoms with Gasteiger partial charge >= 0.3 is 0 Å². The molecule has 5 nitrogen and oxygen atoms in total. The molecule has 1 unspecified atom stereocenters. The molecule has 0 saturated heterocycles. The maximum atomic E-state index is 5.54. The van der Waals surface area contributed by atoms with Crippen LogP contribution in [0.25, 0.3) is 0 Å². The van der Waals surface area contributed by atoms with Gasteiger partial charge in [-0.1, -0.05) is 0 Å². The number of hydrazine groups is 1. The molecular formula is C10H21N5S. The van der Waals surface area contributed by atoms with Gasteiger partial charge in [-0.05, 0) is 32.3 Å². The Morgan fingerprint density at radius 3 is 2.88 bits per heavy atom. The van der Waals surface area contributed by atoms with Gasteiger partial charge in [0.2, 0.25) is 0 Å². The highest BCUT2D eigenvalue weighted by atomic mass is 32.2. The predicted molar refractivity (Wildman–Crippen MR) is 68.2 cm³/mol. The molecule has 0 spiro atoms. The lowest BCUT2D eigenvalue weighted by atomic mass is 10.1. The van der Waals surface area contributed by atoms with E-state index in [0.717, 1.165) is 24.4 Å². The standard InChI is InChI=1S/C10H21N5S/c1-8(2)15-10(12-7-13-15)6-9(14-11)4-5-16-3/h7-9,14H,4-6,11H2,1-3H3. The Bertz CT molecular complexity index is 299. The van der Waals surface area contributed by atoms with Gasteiger partial charge in [0, 0.05) is 18.5 Å². The van der Waals surface area contributed by atoms with Crippen molar-refractivity contribution in [2.75, 3.05) is 12.0 Å². The number of hydrogen-bond acceptors (Lipinski definition) is 5. The Hall–Kier alpha value is -0.590. The Morgan fingerprint density at radius 1 is 1.56 bits per heavy atom. The van der Waals surface area contributed by atoms with E-state index in [1.165, 1.54) is 0 Å². The number of aromatic nitrogens is 3. The van der Waals surface area contributed by atoms with E-state index in [9.17, 15) is 0 Å². The Balaban J connectivity index is 2.59. The number of rotatable bonds is 7. The number of thioether (sulfide) groups is 1. The molecule has 0 radical (unpaired) electrons. The van der Waals surface area contributed by atoms with Gasteiger partial charge in [0.1, 0.15) is 12.2 Å². The third-order valence-electron chi connectivity index (χ3n) is 2.47. The molecule has 0 saturated carbocycles. The summed E-state index contributed by atoms with van der Waals surface area (Å²) in [5, 5.41) is 4.22. The smallest absolute Gasteiger partial charge is 0.138 e. The molecule has 0 aliphatic carbocycles. The maximum Gasteiger partial charge on any atom is 0.138 e. The Kier molecular flexibility index (Phi) is 5.79. The van der Waals surface area contributed by atoms with Crippen LogP contribution in [0.3, 0.4) is 0 Å². The summed E-state index contributed by atoms with van der Waals surface area (Å²) < 4.78 is 1.95. The van der Waals surface area contributed by atoms with Crippen LogP contribution in [0.1, 0.15) is 32.1 Å². The highest BCUT2D eigenvalue weighted by Crippen LogP contribution is 2.10. The maximum absolute atomic E-state index is 5.54. The van der Waals surface area contributed by atoms with Gasteiger partial charge in [-0.25, -0.2) is 9.67 Å². The minimum atomic E-state index is 0.272. The summed E-state index contributed by atoms with van der Waals surface area (Å²) in [5.41, 5.74) is 2.85. The van der Waals surface area contributed by atoms with Gasteiger partial charge in [-0.2, -0.15) is 16.9 Å². The van der Waals surface area contributed by atoms with Crippen LogP contribution < -0.4 is 11.3 Å². The monoisotopic (exact) mass is 243 g/mol. The second-order valence-electron chi connectivity index (χ2n) is 4.06. The minimum absolute atomic E-state index is 0.272. The van der Waals surface area contributed by atoms with Crippen molar-refractivity contribution in [1.82, 2.24) is 20.2 Å². The van der Waals surface area contributed by atoms with Gasteiger partial charge in [0.25, 0.3) is 0 Å². The van der Waals surface area contributed by atoms with Crippen LogP contribution >= 0.6 is 11.8 Å². The third-order valence-corrected chi connectivity index (χ3v) is 3.12. The summed E-state index contributed by atoms with van der Waals surface area (Å²) in [6.07, 6.45) is 5.58. The van der Waals surface area contributed by atoms with E-state index in [1.54, 1.807) is 6.33 Å². The molecule has 0 bridgehead atoms. The molecule has 1 heterocycles. The number of nitrogens with one attached hydrogen (secondary N) is 1. The molecule has 0 aliphatic heterocycles. The van der Waals surface area contributed by atoms with Crippen molar-refractivity contribution in [2.24, 2.45) is 5.84 Å². The molecule has 6 heteroatoms. The quantitative estimate of drug-likeness (QED) is 0.552. The van der Waals surface area contributed by atoms with E-state index in [4.69, 9.17) is 5.84 Å². The SMILES string of the molecule is CSCCC(Cc1ncnn1C(C)C)NN. The van der Waals surface area contributed by atoms with Gasteiger partial charge in [0.05, 0.1) is 0 Å². The van der Waals surface area contributed by atoms with Gasteiger partial charge in [-0.3, -0.25) is 11.3 Å². The molecule has 0 aliphatic rings. The van der Waals surface area contributed by atoms with Gasteiger partial charge in [-0.15, -0.1) is 0 Å². The largest absolute Gasteiger partial charge is 0.271 e. The van der Waals surface area contributed by atoms with Crippen molar-refractivity contribution in [2.45, 2.75) is 38.8 Å². The molecular weight excluding hydrogens is 222 g/mol. The lowest BCUT2D eigenvalue weighted by Crippen LogP contribution is -2.38. The molecule has 92 valence electrons. The van der Waals surface area contributed by atoms with Gasteiger partial charge in [0.15, 0.2) is 0 Å². The van der Waals surface area contributed by atoms with Crippen molar-refractivity contribution < 1.29 is 0 Å². The Labute approximate surface area is 101 Å². The summed E-state index contributed by atoms with van der Waals surface area (Å²) in [7, 11) is 0. The normalized spacial score (nSPS) is 13.3. The zero-order valence-electron chi connectivity index (χ0n) is 10.2. The molecule has 3 N–H and O–H groups in total. The summed E-state index contributed by atoms with van der Waals surface area (Å²) in [5.74, 6) is 7.64. The van der Waals surface area contributed by atoms with Crippen LogP contribution in [-0.4, -0.2) is 32.8 Å². The minimum Gasteiger partial charge on any atom is -0.271 e. The summed E-state index contributed by atoms with van der Waals surface area (Å²) in [4.78, 5) is 4.28. The fraction of sp³-hybridized carbons (Fsp3) is 0.800. The van der Waals surface area contributed by atoms with E-state index in [-0.39, 0.29) is 6.04 Å². The average molecular weight is 243 g/mol. The van der Waals surface area contributed by atoms with E-state index in [1.807, 2.05) is 16.4 Å². The number of nitrogens with zero attached hydrogens (tertiary/aromatic N) is 3. The van der Waals surface area contributed by atoms with Crippen LogP contribution in [0.2, 0.25) is 0 Å². The van der Waals surface area contributed by atoms with Crippen molar-refractivity contribution in [3.8, 4) is 0 Å². The van der Waals surface area contributed by atoms with Crippen molar-refractivity contribution in [1.29, 1.82) is 0 Å². The van der Waals surface area contributed by atoms with Crippen molar-refractivity contribution >= 4 is 11.8 Å². The first-order valence-electron chi connectivity index (χ1n) is 5.52. The second kappa shape index (κ2) is 6.88. The predicted octanol–water partition coefficient (Wildman–Crippen LogP) is 0.986. The Morgan fingerprint density at radius 2 is 2.31 bits per heavy atom. The fourth-order valence-corrected chi connectivity index (χ4v) is 2.10. The highest BCUT2D eigenvalue weighted by molar-refractivity contribution is 7.98. The molecule has 16 heavy (non-hydrogen) atoms. The molecule has 0 aromatic carbocycles. The summed E-state index contributed by atoms with van der Waals surface area (Å²) >= 11 is 1.83. The van der Waals surface area contributed by atoms with Crippen molar-refractivity contribution in [3.05, 3.63) is 12.2 Å². The first kappa shape index (κ1) is 13.5. The number of nitrogens with two attached hydrogens (primary N) is 1. The topological polar surface area (TPSA) is 68.8 Å². The lowest BCUT2D eigenvalue weighted by Gasteiger charge is -2.16. The zero-order chi connectivity index (χ0) is 12.0. The first-order chi connectivity index (χ1) is 7.69. The fourth-order valence-electron chi connectivity index (χ4n) is 1.58. The van der Waals surface area contributed by atoms with E-state index >= 15 is 0 Å². The lowest BCUT2D eigenvalue weighted by molar-refractivity contribution is 0.455. The average Bonchev–Trinajstić information content (AvgIpc) is 2.72. The molecule has 0 amide bonds. The molecule has 1 atom stereocenters. The van der Waals surface area contributed by atoms with E-state index < -0.39 is 0 Å². The molecule has 0 fully saturated rings. The van der Waals surface area contributed by atoms with Gasteiger partial charge < -0.3 is 0 Å². The number of hydrogen-bond donors (Lipinski definition) is 2. The molecule has 1 aromatic rings. The van der Waals surface area contributed by atoms with Crippen molar-refractivity contribution in [3.63, 3.8) is 0 Å². The van der Waals surface area contributed by atoms with Crippen LogP contribution in [0.4, 0.5) is 0 Å². The van der Waals surface area contributed by atoms with E-state index in [0.29, 0.717) is 6.04 Å². The third kappa shape index (κ3) is 3.77. The summed E-state index contributed by atoms with van der Waals surface area (Å²) in [6.45, 7) is 4.20. The van der Waals surface area contributed by atoms with Crippen LogP contribution in [0.15, 0.2) is 6.33 Å². The summed E-state index contributed by atoms with van der Waals surface area (Å²) in [6, 6.07) is 0.616. The highest BCUT2D eigenvalue weighted by Gasteiger charge is 2.13. The molecule has 1 rings (SSSR count). The second-order valence-corrected chi connectivity index (χ2v) is 5.05.